The van der Waals surface area contributed by atoms with Gasteiger partial charge in [-0.15, -0.1) is 11.8 Å². The van der Waals surface area contributed by atoms with Crippen molar-refractivity contribution in [2.75, 3.05) is 6.54 Å². The van der Waals surface area contributed by atoms with Crippen LogP contribution in [0.15, 0.2) is 0 Å². The quantitative estimate of drug-likeness (QED) is 0.639. The maximum absolute atomic E-state index is 13.5. The average molecular weight is 413 g/mol. The molecule has 2 aliphatic carbocycles. The van der Waals surface area contributed by atoms with Crippen molar-refractivity contribution in [1.29, 1.82) is 0 Å². The summed E-state index contributed by atoms with van der Waals surface area (Å²) < 4.78 is 54.0. The molecule has 1 saturated heterocycles. The van der Waals surface area contributed by atoms with Crippen LogP contribution in [-0.4, -0.2) is 54.4 Å². The first-order valence-corrected chi connectivity index (χ1v) is 11.7. The maximum Gasteiger partial charge on any atom is 0.308 e. The largest absolute Gasteiger partial charge is 0.481 e. The van der Waals surface area contributed by atoms with Crippen LogP contribution in [0.3, 0.4) is 0 Å². The van der Waals surface area contributed by atoms with Crippen LogP contribution in [0, 0.1) is 11.8 Å². The lowest BCUT2D eigenvalue weighted by atomic mass is 9.84. The summed E-state index contributed by atoms with van der Waals surface area (Å²) in [6, 6.07) is -0.772. The van der Waals surface area contributed by atoms with Crippen molar-refractivity contribution in [3.05, 3.63) is 0 Å². The van der Waals surface area contributed by atoms with Gasteiger partial charge in [-0.2, -0.15) is 0 Å². The Labute approximate surface area is 156 Å². The van der Waals surface area contributed by atoms with Crippen molar-refractivity contribution in [2.45, 2.75) is 73.3 Å². The van der Waals surface area contributed by atoms with Gasteiger partial charge >= 0.3 is 5.97 Å². The Balaban J connectivity index is 1.59. The molecule has 0 amide bonds. The summed E-state index contributed by atoms with van der Waals surface area (Å²) in [5, 5.41) is 12.5. The second kappa shape index (κ2) is 8.28. The Morgan fingerprint density at radius 1 is 1.08 bits per heavy atom. The summed E-state index contributed by atoms with van der Waals surface area (Å²) in [5.41, 5.74) is 0. The van der Waals surface area contributed by atoms with Gasteiger partial charge < -0.3 is 10.4 Å². The van der Waals surface area contributed by atoms with Gasteiger partial charge in [-0.1, -0.05) is 0 Å². The fourth-order valence-electron chi connectivity index (χ4n) is 4.13. The molecular formula is C16H26F2N2O4S2. The molecule has 10 heteroatoms. The lowest BCUT2D eigenvalue weighted by molar-refractivity contribution is -0.144. The number of halogens is 2. The van der Waals surface area contributed by atoms with Crippen molar-refractivity contribution in [2.24, 2.45) is 11.8 Å². The molecule has 3 rings (SSSR count). The van der Waals surface area contributed by atoms with Gasteiger partial charge in [0.1, 0.15) is 16.9 Å². The van der Waals surface area contributed by atoms with E-state index < -0.39 is 44.9 Å². The van der Waals surface area contributed by atoms with Gasteiger partial charge in [0, 0.05) is 12.6 Å². The SMILES string of the molecule is O=C(O)C1CC(F)CCC1NS(=O)(=O)C1CNC(C2CCC(F)CC2)S1. The number of sulfonamides is 1. The van der Waals surface area contributed by atoms with E-state index in [4.69, 9.17) is 0 Å². The monoisotopic (exact) mass is 412 g/mol. The van der Waals surface area contributed by atoms with Gasteiger partial charge in [-0.25, -0.2) is 21.9 Å². The number of rotatable bonds is 5. The van der Waals surface area contributed by atoms with Crippen molar-refractivity contribution in [3.63, 3.8) is 0 Å². The van der Waals surface area contributed by atoms with Crippen LogP contribution in [0.25, 0.3) is 0 Å². The third kappa shape index (κ3) is 4.69. The van der Waals surface area contributed by atoms with E-state index in [-0.39, 0.29) is 37.1 Å². The number of hydrogen-bond acceptors (Lipinski definition) is 5. The smallest absolute Gasteiger partial charge is 0.308 e. The molecule has 150 valence electrons. The van der Waals surface area contributed by atoms with Gasteiger partial charge in [0.15, 0.2) is 0 Å². The van der Waals surface area contributed by atoms with E-state index >= 15 is 0 Å². The summed E-state index contributed by atoms with van der Waals surface area (Å²) in [6.45, 7) is 0.274. The molecule has 2 saturated carbocycles. The molecule has 5 unspecified atom stereocenters. The standard InChI is InChI=1S/C16H26F2N2O4S2/c17-10-3-1-9(2-4-10)15-19-8-14(25-15)26(23,24)20-13-6-5-11(18)7-12(13)16(21)22/h9-15,19-20H,1-8H2,(H,21,22). The highest BCUT2D eigenvalue weighted by Crippen LogP contribution is 2.38. The molecule has 1 heterocycles. The average Bonchev–Trinajstić information content (AvgIpc) is 3.08. The van der Waals surface area contributed by atoms with Crippen molar-refractivity contribution >= 4 is 27.8 Å². The Kier molecular flexibility index (Phi) is 6.46. The molecule has 6 nitrogen and oxygen atoms in total. The highest BCUT2D eigenvalue weighted by atomic mass is 32.3. The van der Waals surface area contributed by atoms with Crippen LogP contribution in [0.4, 0.5) is 8.78 Å². The molecule has 3 N–H and O–H groups in total. The van der Waals surface area contributed by atoms with Gasteiger partial charge in [0.25, 0.3) is 0 Å². The van der Waals surface area contributed by atoms with E-state index in [0.717, 1.165) is 12.8 Å². The zero-order valence-corrected chi connectivity index (χ0v) is 16.1. The Hall–Kier alpha value is -0.450. The molecule has 0 spiro atoms. The molecule has 3 aliphatic rings. The molecule has 1 aliphatic heterocycles. The Bertz CT molecular complexity index is 613. The number of carboxylic acid groups (broad SMARTS) is 1. The second-order valence-electron chi connectivity index (χ2n) is 7.53. The molecule has 0 aromatic carbocycles. The number of alkyl halides is 2. The highest BCUT2D eigenvalue weighted by molar-refractivity contribution is 8.13. The van der Waals surface area contributed by atoms with Gasteiger partial charge in [-0.3, -0.25) is 4.79 Å². The third-order valence-corrected chi connectivity index (χ3v) is 9.58. The molecule has 0 aromatic rings. The van der Waals surface area contributed by atoms with Crippen LogP contribution in [0.5, 0.6) is 0 Å². The predicted octanol–water partition coefficient (Wildman–Crippen LogP) is 2.01. The topological polar surface area (TPSA) is 95.5 Å². The lowest BCUT2D eigenvalue weighted by Crippen LogP contribution is -2.49. The summed E-state index contributed by atoms with van der Waals surface area (Å²) >= 11 is 1.32. The molecule has 3 fully saturated rings. The van der Waals surface area contributed by atoms with E-state index in [0.29, 0.717) is 12.8 Å². The Morgan fingerprint density at radius 2 is 1.73 bits per heavy atom. The molecule has 0 bridgehead atoms. The van der Waals surface area contributed by atoms with Crippen LogP contribution >= 0.6 is 11.8 Å². The number of aliphatic carboxylic acids is 1. The normalized spacial score (nSPS) is 41.8. The summed E-state index contributed by atoms with van der Waals surface area (Å²) in [6.07, 6.45) is 0.771. The maximum atomic E-state index is 13.5. The van der Waals surface area contributed by atoms with E-state index in [1.165, 1.54) is 11.8 Å². The zero-order valence-electron chi connectivity index (χ0n) is 14.4. The minimum Gasteiger partial charge on any atom is -0.481 e. The molecule has 0 radical (unpaired) electrons. The number of thioether (sulfide) groups is 1. The van der Waals surface area contributed by atoms with Gasteiger partial charge in [-0.05, 0) is 50.9 Å². The fourth-order valence-corrected chi connectivity index (χ4v) is 7.62. The number of carbonyl (C=O) groups is 1. The first kappa shape index (κ1) is 20.3. The number of hydrogen-bond donors (Lipinski definition) is 3. The lowest BCUT2D eigenvalue weighted by Gasteiger charge is -2.31. The van der Waals surface area contributed by atoms with Crippen molar-refractivity contribution < 1.29 is 27.1 Å². The number of nitrogens with one attached hydrogen (secondary N) is 2. The van der Waals surface area contributed by atoms with Crippen LogP contribution in [-0.2, 0) is 14.8 Å². The van der Waals surface area contributed by atoms with Crippen molar-refractivity contribution in [3.8, 4) is 0 Å². The highest BCUT2D eigenvalue weighted by Gasteiger charge is 2.43. The third-order valence-electron chi connectivity index (χ3n) is 5.68. The van der Waals surface area contributed by atoms with Gasteiger partial charge in [0.05, 0.1) is 11.3 Å². The molecule has 26 heavy (non-hydrogen) atoms. The zero-order chi connectivity index (χ0) is 18.9. The second-order valence-corrected chi connectivity index (χ2v) is 11.1. The van der Waals surface area contributed by atoms with Crippen LogP contribution in [0.1, 0.15) is 44.9 Å². The van der Waals surface area contributed by atoms with E-state index in [2.05, 4.69) is 10.0 Å². The van der Waals surface area contributed by atoms with E-state index in [9.17, 15) is 27.1 Å². The Morgan fingerprint density at radius 3 is 2.38 bits per heavy atom. The van der Waals surface area contributed by atoms with Crippen LogP contribution in [0.2, 0.25) is 0 Å². The molecule has 5 atom stereocenters. The summed E-state index contributed by atoms with van der Waals surface area (Å²) in [4.78, 5) is 11.4. The minimum absolute atomic E-state index is 0.0269. The first-order chi connectivity index (χ1) is 12.3. The number of carboxylic acids is 1. The minimum atomic E-state index is -3.74. The first-order valence-electron chi connectivity index (χ1n) is 9.17. The predicted molar refractivity (Wildman–Crippen MR) is 95.7 cm³/mol. The van der Waals surface area contributed by atoms with E-state index in [1.807, 2.05) is 0 Å². The molecule has 0 aromatic heterocycles. The van der Waals surface area contributed by atoms with E-state index in [1.54, 1.807) is 0 Å². The summed E-state index contributed by atoms with van der Waals surface area (Å²) in [7, 11) is -3.74. The van der Waals surface area contributed by atoms with Gasteiger partial charge in [0.2, 0.25) is 10.0 Å². The van der Waals surface area contributed by atoms with Crippen molar-refractivity contribution in [1.82, 2.24) is 10.0 Å². The summed E-state index contributed by atoms with van der Waals surface area (Å²) in [5.74, 6) is -1.96. The fraction of sp³-hybridized carbons (Fsp3) is 0.938. The van der Waals surface area contributed by atoms with Crippen LogP contribution < -0.4 is 10.0 Å². The molecular weight excluding hydrogens is 386 g/mol.